The zero-order valence-corrected chi connectivity index (χ0v) is 21.2. The van der Waals surface area contributed by atoms with Gasteiger partial charge in [0, 0.05) is 19.5 Å². The molecule has 3 rings (SSSR count). The van der Waals surface area contributed by atoms with Crippen molar-refractivity contribution in [2.75, 3.05) is 13.2 Å². The second kappa shape index (κ2) is 12.7. The molecule has 0 heterocycles. The summed E-state index contributed by atoms with van der Waals surface area (Å²) < 4.78 is 5.93. The minimum Gasteiger partial charge on any atom is -0.483 e. The highest BCUT2D eigenvalue weighted by molar-refractivity contribution is 5.88. The van der Waals surface area contributed by atoms with E-state index < -0.39 is 6.04 Å². The average molecular weight is 473 g/mol. The van der Waals surface area contributed by atoms with Gasteiger partial charge in [0.15, 0.2) is 6.61 Å². The van der Waals surface area contributed by atoms with Crippen LogP contribution in [0.1, 0.15) is 41.2 Å². The lowest BCUT2D eigenvalue weighted by atomic mass is 10.0. The van der Waals surface area contributed by atoms with Crippen LogP contribution in [0, 0.1) is 20.8 Å². The van der Waals surface area contributed by atoms with Gasteiger partial charge in [0.25, 0.3) is 5.91 Å². The first-order chi connectivity index (χ1) is 16.9. The largest absolute Gasteiger partial charge is 0.483 e. The maximum Gasteiger partial charge on any atom is 0.261 e. The zero-order valence-electron chi connectivity index (χ0n) is 21.2. The van der Waals surface area contributed by atoms with Gasteiger partial charge < -0.3 is 15.0 Å². The summed E-state index contributed by atoms with van der Waals surface area (Å²) in [6.07, 6.45) is 1.25. The van der Waals surface area contributed by atoms with Crippen molar-refractivity contribution >= 4 is 11.8 Å². The Morgan fingerprint density at radius 1 is 0.886 bits per heavy atom. The molecule has 0 aromatic heterocycles. The standard InChI is InChI=1S/C30H36N2O3/c1-5-17-31-30(34)27(19-25-9-7-6-8-10-25)32(20-26-14-11-22(2)12-15-26)29(33)21-35-28-16-13-23(3)18-24(28)4/h6-16,18,27H,5,17,19-21H2,1-4H3,(H,31,34)/t27-/m1/s1. The number of carbonyl (C=O) groups is 2. The van der Waals surface area contributed by atoms with Gasteiger partial charge in [-0.3, -0.25) is 9.59 Å². The monoisotopic (exact) mass is 472 g/mol. The highest BCUT2D eigenvalue weighted by atomic mass is 16.5. The molecule has 0 fully saturated rings. The SMILES string of the molecule is CCCNC(=O)[C@@H](Cc1ccccc1)N(Cc1ccc(C)cc1)C(=O)COc1ccc(C)cc1C. The maximum absolute atomic E-state index is 13.6. The van der Waals surface area contributed by atoms with E-state index in [1.54, 1.807) is 4.90 Å². The van der Waals surface area contributed by atoms with Crippen LogP contribution in [0.25, 0.3) is 0 Å². The maximum atomic E-state index is 13.6. The van der Waals surface area contributed by atoms with Gasteiger partial charge in [-0.15, -0.1) is 0 Å². The molecule has 5 nitrogen and oxygen atoms in total. The number of hydrogen-bond acceptors (Lipinski definition) is 3. The lowest BCUT2D eigenvalue weighted by molar-refractivity contribution is -0.142. The van der Waals surface area contributed by atoms with Crippen LogP contribution >= 0.6 is 0 Å². The number of ether oxygens (including phenoxy) is 1. The number of nitrogens with zero attached hydrogens (tertiary/aromatic N) is 1. The molecule has 0 aliphatic carbocycles. The van der Waals surface area contributed by atoms with E-state index in [1.165, 1.54) is 0 Å². The van der Waals surface area contributed by atoms with Gasteiger partial charge in [0.2, 0.25) is 5.91 Å². The van der Waals surface area contributed by atoms with Gasteiger partial charge in [0.1, 0.15) is 11.8 Å². The third-order valence-corrected chi connectivity index (χ3v) is 5.98. The molecule has 0 aliphatic heterocycles. The predicted octanol–water partition coefficient (Wildman–Crippen LogP) is 5.16. The first kappa shape index (κ1) is 26.0. The van der Waals surface area contributed by atoms with Crippen LogP contribution in [0.5, 0.6) is 5.75 Å². The van der Waals surface area contributed by atoms with E-state index in [4.69, 9.17) is 4.74 Å². The smallest absolute Gasteiger partial charge is 0.261 e. The van der Waals surface area contributed by atoms with Crippen molar-refractivity contribution in [3.8, 4) is 5.75 Å². The first-order valence-corrected chi connectivity index (χ1v) is 12.2. The van der Waals surface area contributed by atoms with Gasteiger partial charge in [-0.1, -0.05) is 84.8 Å². The quantitative estimate of drug-likeness (QED) is 0.420. The minimum absolute atomic E-state index is 0.137. The van der Waals surface area contributed by atoms with E-state index in [0.717, 1.165) is 34.2 Å². The molecule has 0 spiro atoms. The van der Waals surface area contributed by atoms with E-state index in [-0.39, 0.29) is 18.4 Å². The van der Waals surface area contributed by atoms with Gasteiger partial charge >= 0.3 is 0 Å². The van der Waals surface area contributed by atoms with Crippen molar-refractivity contribution in [2.45, 2.75) is 53.1 Å². The molecule has 5 heteroatoms. The summed E-state index contributed by atoms with van der Waals surface area (Å²) in [7, 11) is 0. The topological polar surface area (TPSA) is 58.6 Å². The van der Waals surface area contributed by atoms with Crippen molar-refractivity contribution < 1.29 is 14.3 Å². The van der Waals surface area contributed by atoms with Crippen LogP contribution in [0.3, 0.4) is 0 Å². The van der Waals surface area contributed by atoms with Crippen LogP contribution < -0.4 is 10.1 Å². The molecular weight excluding hydrogens is 436 g/mol. The summed E-state index contributed by atoms with van der Waals surface area (Å²) in [5.74, 6) is 0.301. The van der Waals surface area contributed by atoms with Crippen molar-refractivity contribution in [3.63, 3.8) is 0 Å². The number of amides is 2. The normalized spacial score (nSPS) is 11.5. The molecule has 0 unspecified atom stereocenters. The van der Waals surface area contributed by atoms with Crippen molar-refractivity contribution in [1.82, 2.24) is 10.2 Å². The molecule has 0 bridgehead atoms. The molecule has 2 amide bonds. The molecule has 0 aliphatic rings. The van der Waals surface area contributed by atoms with Gasteiger partial charge in [-0.2, -0.15) is 0 Å². The fourth-order valence-electron chi connectivity index (χ4n) is 3.99. The van der Waals surface area contributed by atoms with Crippen molar-refractivity contribution in [2.24, 2.45) is 0 Å². The first-order valence-electron chi connectivity index (χ1n) is 12.2. The summed E-state index contributed by atoms with van der Waals surface area (Å²) in [6.45, 7) is 8.78. The molecule has 0 saturated carbocycles. The number of nitrogens with one attached hydrogen (secondary N) is 1. The predicted molar refractivity (Wildman–Crippen MR) is 140 cm³/mol. The van der Waals surface area contributed by atoms with Crippen LogP contribution in [0.2, 0.25) is 0 Å². The second-order valence-corrected chi connectivity index (χ2v) is 9.06. The van der Waals surface area contributed by atoms with E-state index in [2.05, 4.69) is 5.32 Å². The molecule has 1 atom stereocenters. The van der Waals surface area contributed by atoms with E-state index >= 15 is 0 Å². The number of hydrogen-bond donors (Lipinski definition) is 1. The van der Waals surface area contributed by atoms with Crippen LogP contribution in [0.15, 0.2) is 72.8 Å². The van der Waals surface area contributed by atoms with Crippen LogP contribution in [-0.4, -0.2) is 35.9 Å². The Morgan fingerprint density at radius 3 is 2.23 bits per heavy atom. The average Bonchev–Trinajstić information content (AvgIpc) is 2.85. The Labute approximate surface area is 209 Å². The van der Waals surface area contributed by atoms with Crippen molar-refractivity contribution in [1.29, 1.82) is 0 Å². The fraction of sp³-hybridized carbons (Fsp3) is 0.333. The van der Waals surface area contributed by atoms with Crippen LogP contribution in [0.4, 0.5) is 0 Å². The number of carbonyl (C=O) groups excluding carboxylic acids is 2. The van der Waals surface area contributed by atoms with Gasteiger partial charge in [-0.05, 0) is 49.9 Å². The summed E-state index contributed by atoms with van der Waals surface area (Å²) in [5, 5.41) is 3.00. The van der Waals surface area contributed by atoms with E-state index in [1.807, 2.05) is 100 Å². The summed E-state index contributed by atoms with van der Waals surface area (Å²) in [4.78, 5) is 28.6. The highest BCUT2D eigenvalue weighted by Gasteiger charge is 2.30. The molecule has 35 heavy (non-hydrogen) atoms. The molecule has 184 valence electrons. The molecule has 0 saturated heterocycles. The molecular formula is C30H36N2O3. The zero-order chi connectivity index (χ0) is 25.2. The summed E-state index contributed by atoms with van der Waals surface area (Å²) in [6, 6.07) is 23.1. The second-order valence-electron chi connectivity index (χ2n) is 9.06. The number of aryl methyl sites for hydroxylation is 3. The molecule has 3 aromatic rings. The Kier molecular flexibility index (Phi) is 9.47. The lowest BCUT2D eigenvalue weighted by Gasteiger charge is -2.31. The van der Waals surface area contributed by atoms with E-state index in [9.17, 15) is 9.59 Å². The minimum atomic E-state index is -0.652. The molecule has 0 radical (unpaired) electrons. The van der Waals surface area contributed by atoms with Gasteiger partial charge in [-0.25, -0.2) is 0 Å². The van der Waals surface area contributed by atoms with Crippen LogP contribution in [-0.2, 0) is 22.6 Å². The Bertz CT molecular complexity index is 1110. The Balaban J connectivity index is 1.89. The molecule has 3 aromatic carbocycles. The van der Waals surface area contributed by atoms with Crippen molar-refractivity contribution in [3.05, 3.63) is 101 Å². The summed E-state index contributed by atoms with van der Waals surface area (Å²) in [5.41, 5.74) is 5.23. The lowest BCUT2D eigenvalue weighted by Crippen LogP contribution is -2.51. The number of benzene rings is 3. The fourth-order valence-corrected chi connectivity index (χ4v) is 3.99. The number of rotatable bonds is 11. The molecule has 1 N–H and O–H groups in total. The Morgan fingerprint density at radius 2 is 1.57 bits per heavy atom. The Hall–Kier alpha value is -3.60. The highest BCUT2D eigenvalue weighted by Crippen LogP contribution is 2.20. The van der Waals surface area contributed by atoms with E-state index in [0.29, 0.717) is 25.3 Å². The third-order valence-electron chi connectivity index (χ3n) is 5.98. The third kappa shape index (κ3) is 7.71. The summed E-state index contributed by atoms with van der Waals surface area (Å²) >= 11 is 0. The van der Waals surface area contributed by atoms with Gasteiger partial charge in [0.05, 0.1) is 0 Å².